The molecule has 1 aliphatic heterocycles. The van der Waals surface area contributed by atoms with Crippen LogP contribution in [-0.4, -0.2) is 44.1 Å². The van der Waals surface area contributed by atoms with Crippen LogP contribution >= 0.6 is 0 Å². The van der Waals surface area contributed by atoms with E-state index >= 15 is 0 Å². The Morgan fingerprint density at radius 1 is 1.13 bits per heavy atom. The second-order valence-corrected chi connectivity index (χ2v) is 8.57. The minimum absolute atomic E-state index is 0.117. The highest BCUT2D eigenvalue weighted by Crippen LogP contribution is 2.17. The molecule has 0 bridgehead atoms. The predicted octanol–water partition coefficient (Wildman–Crippen LogP) is 2.82. The average Bonchev–Trinajstić information content (AvgIpc) is 3.08. The summed E-state index contributed by atoms with van der Waals surface area (Å²) >= 11 is 0. The molecular formula is C21H24F3N5O2. The van der Waals surface area contributed by atoms with Crippen LogP contribution in [0.4, 0.5) is 13.2 Å². The summed E-state index contributed by atoms with van der Waals surface area (Å²) < 4.78 is 42.0. The first kappa shape index (κ1) is 22.5. The number of aromatic nitrogens is 2. The van der Waals surface area contributed by atoms with Crippen LogP contribution in [0.5, 0.6) is 0 Å². The molecule has 10 heteroatoms. The van der Waals surface area contributed by atoms with Gasteiger partial charge >= 0.3 is 0 Å². The fourth-order valence-electron chi connectivity index (χ4n) is 3.27. The maximum Gasteiger partial charge on any atom is 0.271 e. The molecule has 0 fully saturated rings. The Bertz CT molecular complexity index is 1040. The molecule has 1 aromatic carbocycles. The van der Waals surface area contributed by atoms with Gasteiger partial charge in [-0.3, -0.25) is 9.59 Å². The topological polar surface area (TPSA) is 91.1 Å². The summed E-state index contributed by atoms with van der Waals surface area (Å²) in [4.78, 5) is 30.7. The normalized spacial score (nSPS) is 13.7. The molecular weight excluding hydrogens is 411 g/mol. The lowest BCUT2D eigenvalue weighted by atomic mass is 10.0. The number of hydrogen-bond acceptors (Lipinski definition) is 4. The fourth-order valence-corrected chi connectivity index (χ4v) is 3.27. The summed E-state index contributed by atoms with van der Waals surface area (Å²) in [7, 11) is 0. The van der Waals surface area contributed by atoms with Crippen LogP contribution in [-0.2, 0) is 24.3 Å². The van der Waals surface area contributed by atoms with Gasteiger partial charge in [0.15, 0.2) is 11.6 Å². The zero-order chi connectivity index (χ0) is 22.9. The monoisotopic (exact) mass is 435 g/mol. The van der Waals surface area contributed by atoms with E-state index in [-0.39, 0.29) is 48.2 Å². The Hall–Kier alpha value is -3.17. The molecule has 0 radical (unpaired) electrons. The summed E-state index contributed by atoms with van der Waals surface area (Å²) in [6.07, 6.45) is 1.07. The Morgan fingerprint density at radius 3 is 2.48 bits per heavy atom. The average molecular weight is 435 g/mol. The summed E-state index contributed by atoms with van der Waals surface area (Å²) in [6.45, 7) is 6.58. The Kier molecular flexibility index (Phi) is 6.19. The highest BCUT2D eigenvalue weighted by atomic mass is 19.2. The van der Waals surface area contributed by atoms with E-state index in [9.17, 15) is 22.8 Å². The second kappa shape index (κ2) is 8.52. The number of rotatable bonds is 5. The highest BCUT2D eigenvalue weighted by Gasteiger charge is 2.26. The maximum absolute atomic E-state index is 13.8. The molecule has 1 aliphatic rings. The van der Waals surface area contributed by atoms with Crippen LogP contribution in [0.15, 0.2) is 18.3 Å². The molecule has 0 aliphatic carbocycles. The molecule has 0 saturated heterocycles. The number of hydrogen-bond donors (Lipinski definition) is 2. The lowest BCUT2D eigenvalue weighted by molar-refractivity contribution is -0.131. The van der Waals surface area contributed by atoms with E-state index in [2.05, 4.69) is 10.3 Å². The molecule has 2 amide bonds. The van der Waals surface area contributed by atoms with Crippen LogP contribution < -0.4 is 5.32 Å². The number of benzene rings is 1. The SMILES string of the molecule is CC(C)(C)NC(=O)c1cn2c(n1)CN(C(=O)CC(=N)Cc1cc(F)c(F)cc1F)CC2. The Morgan fingerprint density at radius 2 is 1.81 bits per heavy atom. The van der Waals surface area contributed by atoms with Crippen molar-refractivity contribution < 1.29 is 22.8 Å². The molecule has 2 aromatic rings. The van der Waals surface area contributed by atoms with E-state index in [4.69, 9.17) is 5.41 Å². The minimum atomic E-state index is -1.30. The van der Waals surface area contributed by atoms with E-state index in [1.807, 2.05) is 25.3 Å². The minimum Gasteiger partial charge on any atom is -0.346 e. The van der Waals surface area contributed by atoms with Crippen molar-refractivity contribution in [2.45, 2.75) is 52.2 Å². The van der Waals surface area contributed by atoms with Gasteiger partial charge in [0.1, 0.15) is 17.3 Å². The van der Waals surface area contributed by atoms with Crippen molar-refractivity contribution in [1.82, 2.24) is 19.8 Å². The van der Waals surface area contributed by atoms with Crippen molar-refractivity contribution in [2.75, 3.05) is 6.54 Å². The van der Waals surface area contributed by atoms with E-state index in [0.29, 0.717) is 31.0 Å². The molecule has 31 heavy (non-hydrogen) atoms. The van der Waals surface area contributed by atoms with Crippen LogP contribution in [0.3, 0.4) is 0 Å². The number of nitrogens with one attached hydrogen (secondary N) is 2. The highest BCUT2D eigenvalue weighted by molar-refractivity contribution is 6.00. The van der Waals surface area contributed by atoms with E-state index in [0.717, 1.165) is 0 Å². The fraction of sp³-hybridized carbons (Fsp3) is 0.429. The Labute approximate surface area is 177 Å². The van der Waals surface area contributed by atoms with Crippen molar-refractivity contribution in [3.8, 4) is 0 Å². The molecule has 0 atom stereocenters. The number of nitrogens with zero attached hydrogens (tertiary/aromatic N) is 3. The molecule has 7 nitrogen and oxygen atoms in total. The number of carbonyl (C=O) groups excluding carboxylic acids is 2. The van der Waals surface area contributed by atoms with Gasteiger partial charge in [0.2, 0.25) is 5.91 Å². The second-order valence-electron chi connectivity index (χ2n) is 8.57. The third kappa shape index (κ3) is 5.50. The molecule has 0 spiro atoms. The van der Waals surface area contributed by atoms with Gasteiger partial charge in [-0.2, -0.15) is 0 Å². The lowest BCUT2D eigenvalue weighted by Crippen LogP contribution is -2.40. The van der Waals surface area contributed by atoms with Gasteiger partial charge < -0.3 is 20.2 Å². The van der Waals surface area contributed by atoms with Crippen LogP contribution in [0.2, 0.25) is 0 Å². The molecule has 3 rings (SSSR count). The molecule has 2 N–H and O–H groups in total. The van der Waals surface area contributed by atoms with Gasteiger partial charge in [-0.25, -0.2) is 18.2 Å². The summed E-state index contributed by atoms with van der Waals surface area (Å²) in [5.74, 6) is -3.58. The van der Waals surface area contributed by atoms with Crippen molar-refractivity contribution >= 4 is 17.5 Å². The first-order chi connectivity index (χ1) is 14.4. The summed E-state index contributed by atoms with van der Waals surface area (Å²) in [5, 5.41) is 10.8. The first-order valence-corrected chi connectivity index (χ1v) is 9.79. The van der Waals surface area contributed by atoms with Gasteiger partial charge in [-0.1, -0.05) is 0 Å². The van der Waals surface area contributed by atoms with Crippen LogP contribution in [0.25, 0.3) is 0 Å². The molecule has 1 aromatic heterocycles. The number of imidazole rings is 1. The zero-order valence-electron chi connectivity index (χ0n) is 17.6. The smallest absolute Gasteiger partial charge is 0.271 e. The largest absolute Gasteiger partial charge is 0.346 e. The third-order valence-electron chi connectivity index (χ3n) is 4.73. The van der Waals surface area contributed by atoms with Gasteiger partial charge in [-0.05, 0) is 32.4 Å². The molecule has 0 saturated carbocycles. The van der Waals surface area contributed by atoms with Gasteiger partial charge in [0, 0.05) is 43.0 Å². The van der Waals surface area contributed by atoms with E-state index in [1.54, 1.807) is 6.20 Å². The van der Waals surface area contributed by atoms with Crippen LogP contribution in [0, 0.1) is 22.9 Å². The predicted molar refractivity (Wildman–Crippen MR) is 107 cm³/mol. The zero-order valence-corrected chi connectivity index (χ0v) is 17.6. The maximum atomic E-state index is 13.8. The molecule has 2 heterocycles. The van der Waals surface area contributed by atoms with E-state index < -0.39 is 23.0 Å². The van der Waals surface area contributed by atoms with Gasteiger partial charge in [0.25, 0.3) is 5.91 Å². The van der Waals surface area contributed by atoms with Gasteiger partial charge in [-0.15, -0.1) is 0 Å². The molecule has 166 valence electrons. The molecule has 0 unspecified atom stereocenters. The van der Waals surface area contributed by atoms with Crippen molar-refractivity contribution in [3.05, 3.63) is 52.9 Å². The number of carbonyl (C=O) groups is 2. The van der Waals surface area contributed by atoms with Gasteiger partial charge in [0.05, 0.1) is 13.0 Å². The Balaban J connectivity index is 1.61. The standard InChI is InChI=1S/C21H24F3N5O2/c1-21(2,3)27-20(31)17-10-28-4-5-29(11-18(28)26-17)19(30)8-13(25)6-12-7-15(23)16(24)9-14(12)22/h7,9-10,25H,4-6,8,11H2,1-3H3,(H,27,31). The number of halogens is 3. The number of fused-ring (bicyclic) bond motifs is 1. The first-order valence-electron chi connectivity index (χ1n) is 9.79. The summed E-state index contributed by atoms with van der Waals surface area (Å²) in [5.41, 5.74) is -0.438. The lowest BCUT2D eigenvalue weighted by Gasteiger charge is -2.27. The summed E-state index contributed by atoms with van der Waals surface area (Å²) in [6, 6.07) is 1.13. The van der Waals surface area contributed by atoms with Crippen molar-refractivity contribution in [1.29, 1.82) is 5.41 Å². The van der Waals surface area contributed by atoms with E-state index in [1.165, 1.54) is 4.90 Å². The van der Waals surface area contributed by atoms with Crippen molar-refractivity contribution in [3.63, 3.8) is 0 Å². The quantitative estimate of drug-likeness (QED) is 0.559. The van der Waals surface area contributed by atoms with Crippen molar-refractivity contribution in [2.24, 2.45) is 0 Å². The number of amides is 2. The van der Waals surface area contributed by atoms with Crippen LogP contribution in [0.1, 0.15) is 49.1 Å². The third-order valence-corrected chi connectivity index (χ3v) is 4.73.